The van der Waals surface area contributed by atoms with Crippen LogP contribution >= 0.6 is 11.8 Å². The topological polar surface area (TPSA) is 24.0 Å². The third kappa shape index (κ3) is 2.62. The first-order valence-corrected chi connectivity index (χ1v) is 11.6. The van der Waals surface area contributed by atoms with Crippen LogP contribution in [0.3, 0.4) is 0 Å². The van der Waals surface area contributed by atoms with Gasteiger partial charge in [0.15, 0.2) is 0 Å². The van der Waals surface area contributed by atoms with Gasteiger partial charge in [-0.1, -0.05) is 11.8 Å². The molecule has 148 valence electrons. The second-order valence-corrected chi connectivity index (χ2v) is 10.1. The lowest BCUT2D eigenvalue weighted by atomic mass is 9.95. The van der Waals surface area contributed by atoms with Gasteiger partial charge in [0.25, 0.3) is 0 Å². The lowest BCUT2D eigenvalue weighted by Gasteiger charge is -2.38. The number of nitrogens with one attached hydrogen (secondary N) is 1. The van der Waals surface area contributed by atoms with Crippen molar-refractivity contribution in [2.24, 2.45) is 7.05 Å². The molecule has 3 nitrogen and oxygen atoms in total. The molecule has 1 fully saturated rings. The maximum absolute atomic E-state index is 3.28. The van der Waals surface area contributed by atoms with E-state index in [1.54, 1.807) is 11.3 Å². The molecule has 6 rings (SSSR count). The summed E-state index contributed by atoms with van der Waals surface area (Å²) in [6.45, 7) is 4.72. The fourth-order valence-corrected chi connectivity index (χ4v) is 6.73. The lowest BCUT2D eigenvalue weighted by Crippen LogP contribution is -2.42. The molecule has 0 radical (unpaired) electrons. The first kappa shape index (κ1) is 17.7. The predicted molar refractivity (Wildman–Crippen MR) is 122 cm³/mol. The Balaban J connectivity index is 1.44. The summed E-state index contributed by atoms with van der Waals surface area (Å²) in [7, 11) is 2.26. The normalized spacial score (nSPS) is 21.5. The maximum atomic E-state index is 3.28. The SMILES string of the molecule is CC(C)N1C2CCC1c1c(n(C)c3ccc(Sc4ccc5[nH]ccc5c4)cc13)C2. The zero-order chi connectivity index (χ0) is 19.7. The van der Waals surface area contributed by atoms with Crippen LogP contribution in [0.1, 0.15) is 44.0 Å². The summed E-state index contributed by atoms with van der Waals surface area (Å²) < 4.78 is 2.47. The summed E-state index contributed by atoms with van der Waals surface area (Å²) in [4.78, 5) is 8.69. The summed E-state index contributed by atoms with van der Waals surface area (Å²) in [5, 5.41) is 2.74. The summed E-state index contributed by atoms with van der Waals surface area (Å²) in [6, 6.07) is 17.8. The molecule has 4 aromatic rings. The zero-order valence-electron chi connectivity index (χ0n) is 17.3. The second kappa shape index (κ2) is 6.41. The minimum atomic E-state index is 0.587. The van der Waals surface area contributed by atoms with Crippen LogP contribution in [0.2, 0.25) is 0 Å². The lowest BCUT2D eigenvalue weighted by molar-refractivity contribution is 0.134. The van der Waals surface area contributed by atoms with Gasteiger partial charge in [0.1, 0.15) is 0 Å². The van der Waals surface area contributed by atoms with Crippen molar-refractivity contribution >= 4 is 33.6 Å². The van der Waals surface area contributed by atoms with Gasteiger partial charge in [0, 0.05) is 75.1 Å². The van der Waals surface area contributed by atoms with Gasteiger partial charge >= 0.3 is 0 Å². The zero-order valence-corrected chi connectivity index (χ0v) is 18.1. The number of aromatic amines is 1. The molecule has 2 bridgehead atoms. The van der Waals surface area contributed by atoms with Gasteiger partial charge in [-0.2, -0.15) is 0 Å². The quantitative estimate of drug-likeness (QED) is 0.437. The largest absolute Gasteiger partial charge is 0.361 e. The van der Waals surface area contributed by atoms with Crippen molar-refractivity contribution < 1.29 is 0 Å². The number of aryl methyl sites for hydroxylation is 1. The fraction of sp³-hybridized carbons (Fsp3) is 0.360. The van der Waals surface area contributed by atoms with Crippen molar-refractivity contribution in [1.82, 2.24) is 14.5 Å². The monoisotopic (exact) mass is 401 g/mol. The molecule has 0 amide bonds. The maximum Gasteiger partial charge on any atom is 0.0484 e. The van der Waals surface area contributed by atoms with Gasteiger partial charge in [-0.15, -0.1) is 0 Å². The molecule has 2 aromatic heterocycles. The van der Waals surface area contributed by atoms with E-state index >= 15 is 0 Å². The third-order valence-corrected chi connectivity index (χ3v) is 7.99. The average molecular weight is 402 g/mol. The Bertz CT molecular complexity index is 1230. The van der Waals surface area contributed by atoms with Gasteiger partial charge in [-0.25, -0.2) is 0 Å². The smallest absolute Gasteiger partial charge is 0.0484 e. The van der Waals surface area contributed by atoms with E-state index in [2.05, 4.69) is 77.8 Å². The standard InChI is InChI=1S/C25H27N3S/c1-15(2)28-17-4-8-23(28)25-20-14-19(6-9-22(20)27(3)24(25)13-17)29-18-5-7-21-16(12-18)10-11-26-21/h5-7,9-12,14-15,17,23,26H,4,8,13H2,1-3H3. The molecule has 2 atom stereocenters. The van der Waals surface area contributed by atoms with Crippen LogP contribution in [-0.2, 0) is 13.5 Å². The third-order valence-electron chi connectivity index (χ3n) is 7.01. The van der Waals surface area contributed by atoms with Crippen LogP contribution in [0, 0.1) is 0 Å². The van der Waals surface area contributed by atoms with E-state index in [4.69, 9.17) is 0 Å². The van der Waals surface area contributed by atoms with Crippen LogP contribution in [0.4, 0.5) is 0 Å². The summed E-state index contributed by atoms with van der Waals surface area (Å²) >= 11 is 1.87. The molecule has 2 aliphatic rings. The van der Waals surface area contributed by atoms with E-state index in [9.17, 15) is 0 Å². The molecular weight excluding hydrogens is 374 g/mol. The molecule has 4 heterocycles. The number of hydrogen-bond donors (Lipinski definition) is 1. The van der Waals surface area contributed by atoms with E-state index in [0.717, 1.165) is 6.04 Å². The molecule has 0 spiro atoms. The van der Waals surface area contributed by atoms with Crippen molar-refractivity contribution in [3.05, 3.63) is 59.9 Å². The molecule has 1 saturated heterocycles. The van der Waals surface area contributed by atoms with Crippen molar-refractivity contribution in [3.63, 3.8) is 0 Å². The molecule has 0 aliphatic carbocycles. The number of hydrogen-bond acceptors (Lipinski definition) is 2. The highest BCUT2D eigenvalue weighted by Crippen LogP contribution is 2.49. The first-order valence-electron chi connectivity index (χ1n) is 10.7. The summed E-state index contributed by atoms with van der Waals surface area (Å²) in [5.41, 5.74) is 5.76. The Morgan fingerprint density at radius 2 is 1.86 bits per heavy atom. The minimum Gasteiger partial charge on any atom is -0.361 e. The highest BCUT2D eigenvalue weighted by molar-refractivity contribution is 7.99. The van der Waals surface area contributed by atoms with Crippen LogP contribution in [0.15, 0.2) is 58.5 Å². The second-order valence-electron chi connectivity index (χ2n) is 8.92. The Kier molecular flexibility index (Phi) is 3.91. The van der Waals surface area contributed by atoms with Crippen LogP contribution in [0.25, 0.3) is 21.8 Å². The summed E-state index contributed by atoms with van der Waals surface area (Å²) in [5.74, 6) is 0. The number of H-pyrrole nitrogens is 1. The van der Waals surface area contributed by atoms with E-state index in [1.165, 1.54) is 50.9 Å². The molecule has 2 aliphatic heterocycles. The number of benzene rings is 2. The molecule has 0 saturated carbocycles. The number of fused-ring (bicyclic) bond motifs is 7. The average Bonchev–Trinajstić information content (AvgIpc) is 3.37. The number of nitrogens with zero attached hydrogens (tertiary/aromatic N) is 2. The predicted octanol–water partition coefficient (Wildman–Crippen LogP) is 6.28. The van der Waals surface area contributed by atoms with Crippen molar-refractivity contribution in [2.45, 2.75) is 61.0 Å². The molecule has 2 aromatic carbocycles. The number of aromatic nitrogens is 2. The molecule has 29 heavy (non-hydrogen) atoms. The highest BCUT2D eigenvalue weighted by Gasteiger charge is 2.43. The van der Waals surface area contributed by atoms with E-state index in [0.29, 0.717) is 12.1 Å². The van der Waals surface area contributed by atoms with E-state index in [1.807, 2.05) is 18.0 Å². The first-order chi connectivity index (χ1) is 14.1. The molecular formula is C25H27N3S. The molecule has 2 unspecified atom stereocenters. The number of rotatable bonds is 3. The van der Waals surface area contributed by atoms with Crippen LogP contribution in [-0.4, -0.2) is 26.5 Å². The van der Waals surface area contributed by atoms with E-state index < -0.39 is 0 Å². The van der Waals surface area contributed by atoms with Crippen molar-refractivity contribution in [3.8, 4) is 0 Å². The van der Waals surface area contributed by atoms with Crippen LogP contribution in [0.5, 0.6) is 0 Å². The highest BCUT2D eigenvalue weighted by atomic mass is 32.2. The van der Waals surface area contributed by atoms with Gasteiger partial charge in [-0.3, -0.25) is 4.90 Å². The molecule has 4 heteroatoms. The molecule has 1 N–H and O–H groups in total. The van der Waals surface area contributed by atoms with E-state index in [-0.39, 0.29) is 0 Å². The summed E-state index contributed by atoms with van der Waals surface area (Å²) in [6.07, 6.45) is 5.85. The minimum absolute atomic E-state index is 0.587. The van der Waals surface area contributed by atoms with Crippen LogP contribution < -0.4 is 0 Å². The Hall–Kier alpha value is -2.17. The van der Waals surface area contributed by atoms with Gasteiger partial charge in [-0.05, 0) is 74.7 Å². The Morgan fingerprint density at radius 1 is 1.03 bits per heavy atom. The van der Waals surface area contributed by atoms with Gasteiger partial charge < -0.3 is 9.55 Å². The Labute approximate surface area is 176 Å². The van der Waals surface area contributed by atoms with Crippen molar-refractivity contribution in [1.29, 1.82) is 0 Å². The fourth-order valence-electron chi connectivity index (χ4n) is 5.83. The Morgan fingerprint density at radius 3 is 2.72 bits per heavy atom. The van der Waals surface area contributed by atoms with Gasteiger partial charge in [0.2, 0.25) is 0 Å². The van der Waals surface area contributed by atoms with Gasteiger partial charge in [0.05, 0.1) is 0 Å². The van der Waals surface area contributed by atoms with Crippen molar-refractivity contribution in [2.75, 3.05) is 0 Å².